The number of aromatic amines is 2. The molecule has 0 unspecified atom stereocenters. The van der Waals surface area contributed by atoms with E-state index in [9.17, 15) is 26.3 Å². The standard InChI is InChI=1S/C32H18N8.2C8H7F3N.Cu/c1-2-10-18-17(9-1)25-33-26(18)38-28-21-13-5-6-14-22(21)30(35-28)40-32-24-16-8-7-15-23(24)31(36-32)39-29-20-12-4-3-11-19(20)27(34-29)37-25;2*1-12-7-4-2-3-6(5-7)8(9,10)11;/h1-16H,(H2,33,34,35,36,37,38,39,40);2*2-5,12H,1H2;. The average molecular weight is 926 g/mol. The van der Waals surface area contributed by atoms with Crippen LogP contribution in [0.1, 0.15) is 11.1 Å². The predicted molar refractivity (Wildman–Crippen MR) is 236 cm³/mol. The maximum atomic E-state index is 12.6. The number of nitrogens with zero attached hydrogens (tertiary/aromatic N) is 6. The molecule has 0 saturated heterocycles. The largest absolute Gasteiger partial charge is 0.324 e. The Morgan fingerprint density at radius 3 is 1.00 bits per heavy atom. The Kier molecular flexibility index (Phi) is 10.7. The first-order valence-corrected chi connectivity index (χ1v) is 21.2. The zero-order valence-corrected chi connectivity index (χ0v) is 34.5. The first kappa shape index (κ1) is 41.4. The minimum atomic E-state index is -4.41. The number of aromatic nitrogens is 8. The molecule has 10 nitrogen and oxygen atoms in total. The summed E-state index contributed by atoms with van der Waals surface area (Å²) in [4.78, 5) is 36.8. The number of hydrogen-bond acceptors (Lipinski definition) is 8. The molecule has 9 aromatic rings. The van der Waals surface area contributed by atoms with Crippen LogP contribution in [0.5, 0.6) is 0 Å². The van der Waals surface area contributed by atoms with Crippen LogP contribution < -0.4 is 10.6 Å². The van der Waals surface area contributed by atoms with Crippen LogP contribution in [0, 0.1) is 0 Å². The Balaban J connectivity index is 0.000000173. The molecule has 17 heteroatoms. The van der Waals surface area contributed by atoms with Crippen molar-refractivity contribution in [3.05, 3.63) is 157 Å². The smallest absolute Gasteiger partial charge is 0.164 e. The van der Waals surface area contributed by atoms with E-state index in [0.29, 0.717) is 57.3 Å². The van der Waals surface area contributed by atoms with Crippen LogP contribution in [-0.2, 0) is 27.3 Å². The Bertz CT molecular complexity index is 3060. The normalized spacial score (nSPS) is 12.1. The van der Waals surface area contributed by atoms with Crippen LogP contribution in [0.4, 0.5) is 37.7 Å². The summed E-state index contributed by atoms with van der Waals surface area (Å²) in [5.41, 5.74) is 6.17. The molecule has 0 radical (unpaired) electrons. The van der Waals surface area contributed by atoms with Crippen LogP contribution >= 0.6 is 0 Å². The van der Waals surface area contributed by atoms with Gasteiger partial charge in [-0.05, 0) is 0 Å². The Labute approximate surface area is 371 Å². The molecule has 0 fully saturated rings. The van der Waals surface area contributed by atoms with Crippen molar-refractivity contribution in [2.24, 2.45) is 0 Å². The zero-order valence-electron chi connectivity index (χ0n) is 33.5. The molecule has 11 rings (SSSR count). The van der Waals surface area contributed by atoms with Gasteiger partial charge in [-0.2, -0.15) is 0 Å². The fourth-order valence-electron chi connectivity index (χ4n) is 7.44. The first-order valence-electron chi connectivity index (χ1n) is 19.9. The summed E-state index contributed by atoms with van der Waals surface area (Å²) in [6.45, 7) is 0. The van der Waals surface area contributed by atoms with Crippen molar-refractivity contribution in [3.8, 4) is 45.6 Å². The summed E-state index contributed by atoms with van der Waals surface area (Å²) >= 11 is 1.38. The van der Waals surface area contributed by atoms with Crippen LogP contribution in [0.3, 0.4) is 0 Å². The number of halogens is 6. The Hall–Kier alpha value is -7.62. The monoisotopic (exact) mass is 925 g/mol. The predicted octanol–water partition coefficient (Wildman–Crippen LogP) is 12.1. The van der Waals surface area contributed by atoms with E-state index in [-0.39, 0.29) is 10.9 Å². The van der Waals surface area contributed by atoms with E-state index >= 15 is 0 Å². The number of alkyl halides is 6. The molecule has 0 saturated carbocycles. The number of H-pyrrole nitrogens is 2. The van der Waals surface area contributed by atoms with Crippen LogP contribution in [-0.4, -0.2) is 50.8 Å². The second-order valence-electron chi connectivity index (χ2n) is 14.7. The molecule has 327 valence electrons. The molecule has 0 amide bonds. The van der Waals surface area contributed by atoms with Crippen molar-refractivity contribution < 1.29 is 41.3 Å². The topological polar surface area (TPSA) is 133 Å². The fraction of sp³-hybridized carbons (Fsp3) is 0.0833. The molecule has 3 aromatic heterocycles. The molecule has 2 aliphatic heterocycles. The van der Waals surface area contributed by atoms with Gasteiger partial charge in [0, 0.05) is 43.8 Å². The maximum absolute atomic E-state index is 12.6. The van der Waals surface area contributed by atoms with Crippen molar-refractivity contribution in [2.75, 3.05) is 21.5 Å². The number of hydrogen-bond donors (Lipinski definition) is 4. The van der Waals surface area contributed by atoms with E-state index < -0.39 is 23.5 Å². The summed E-state index contributed by atoms with van der Waals surface area (Å²) < 4.78 is 75.5. The van der Waals surface area contributed by atoms with Crippen molar-refractivity contribution in [1.29, 1.82) is 0 Å². The van der Waals surface area contributed by atoms with Gasteiger partial charge in [-0.15, -0.1) is 0 Å². The molecule has 8 bridgehead atoms. The summed E-state index contributed by atoms with van der Waals surface area (Å²) in [7, 11) is 0. The van der Waals surface area contributed by atoms with Gasteiger partial charge in [0.05, 0.1) is 0 Å². The summed E-state index contributed by atoms with van der Waals surface area (Å²) in [5.74, 6) is 2.39. The van der Waals surface area contributed by atoms with Crippen molar-refractivity contribution in [1.82, 2.24) is 39.9 Å². The molecule has 2 aliphatic rings. The summed E-state index contributed by atoms with van der Waals surface area (Å²) in [6, 6.07) is 41.8. The minimum Gasteiger partial charge on any atom is -0.324 e. The second kappa shape index (κ2) is 16.8. The third-order valence-corrected chi connectivity index (χ3v) is 11.3. The van der Waals surface area contributed by atoms with Gasteiger partial charge in [0.25, 0.3) is 0 Å². The molecule has 65 heavy (non-hydrogen) atoms. The second-order valence-corrected chi connectivity index (χ2v) is 15.8. The van der Waals surface area contributed by atoms with Crippen LogP contribution in [0.2, 0.25) is 0 Å². The van der Waals surface area contributed by atoms with Gasteiger partial charge in [-0.1, -0.05) is 97.1 Å². The van der Waals surface area contributed by atoms with E-state index in [2.05, 4.69) is 20.6 Å². The van der Waals surface area contributed by atoms with Crippen LogP contribution in [0.25, 0.3) is 89.7 Å². The van der Waals surface area contributed by atoms with Crippen molar-refractivity contribution >= 4 is 55.5 Å². The van der Waals surface area contributed by atoms with Gasteiger partial charge < -0.3 is 9.97 Å². The van der Waals surface area contributed by atoms with Gasteiger partial charge in [0.1, 0.15) is 22.6 Å². The Morgan fingerprint density at radius 2 is 0.692 bits per heavy atom. The third kappa shape index (κ3) is 8.46. The average Bonchev–Trinajstić information content (AvgIpc) is 4.05. The molecule has 6 aromatic carbocycles. The summed E-state index contributed by atoms with van der Waals surface area (Å²) in [6.07, 6.45) is -8.82. The van der Waals surface area contributed by atoms with Crippen molar-refractivity contribution in [3.63, 3.8) is 0 Å². The Morgan fingerprint density at radius 1 is 0.385 bits per heavy atom. The molecule has 0 spiro atoms. The third-order valence-electron chi connectivity index (χ3n) is 10.5. The van der Waals surface area contributed by atoms with E-state index in [0.717, 1.165) is 68.1 Å². The first-order chi connectivity index (χ1) is 31.5. The fourth-order valence-corrected chi connectivity index (χ4v) is 8.18. The number of fused-ring (bicyclic) bond motifs is 20. The van der Waals surface area contributed by atoms with E-state index in [1.807, 2.05) is 97.1 Å². The van der Waals surface area contributed by atoms with E-state index in [1.54, 1.807) is 0 Å². The zero-order chi connectivity index (χ0) is 44.7. The molecule has 4 N–H and O–H groups in total. The molecule has 0 aliphatic carbocycles. The quantitative estimate of drug-likeness (QED) is 0.0736. The number of benzene rings is 6. The van der Waals surface area contributed by atoms with Gasteiger partial charge in [0.15, 0.2) is 23.3 Å². The van der Waals surface area contributed by atoms with E-state index in [1.165, 1.54) is 39.2 Å². The van der Waals surface area contributed by atoms with Gasteiger partial charge in [-0.3, -0.25) is 0 Å². The number of anilines is 2. The molecule has 0 atom stereocenters. The van der Waals surface area contributed by atoms with E-state index in [4.69, 9.17) is 29.9 Å². The molecular weight excluding hydrogens is 894 g/mol. The summed E-state index contributed by atoms with van der Waals surface area (Å²) in [5, 5.41) is 9.46. The van der Waals surface area contributed by atoms with Crippen LogP contribution in [0.15, 0.2) is 146 Å². The number of nitrogens with one attached hydrogen (secondary N) is 4. The number of rotatable bonds is 6. The maximum Gasteiger partial charge on any atom is 0.164 e. The van der Waals surface area contributed by atoms with Gasteiger partial charge in [-0.25, -0.2) is 29.9 Å². The SMILES string of the molecule is FC(F)(F)c1cccc(N[CH2][Cu][CH2]Nc2cccc(C(F)(F)F)c2)c1.c1ccc2c(c1)-c1nc-2nc2[nH]c(nc3nc(nc4[nH]c(n1)c1ccccc41)-c1ccccc1-3)c1ccccc21. The van der Waals surface area contributed by atoms with Gasteiger partial charge >= 0.3 is 146 Å². The molecule has 5 heterocycles. The van der Waals surface area contributed by atoms with Gasteiger partial charge in [0.2, 0.25) is 0 Å². The minimum absolute atomic E-state index is 0.288. The molecular formula is C48H32CuF6N10. The van der Waals surface area contributed by atoms with Crippen molar-refractivity contribution in [2.45, 2.75) is 12.4 Å².